The third kappa shape index (κ3) is 2.29. The van der Waals surface area contributed by atoms with E-state index in [4.69, 9.17) is 17.3 Å². The van der Waals surface area contributed by atoms with Gasteiger partial charge < -0.3 is 11.1 Å². The van der Waals surface area contributed by atoms with Gasteiger partial charge in [-0.3, -0.25) is 4.90 Å². The van der Waals surface area contributed by atoms with E-state index in [2.05, 4.69) is 10.2 Å². The van der Waals surface area contributed by atoms with Crippen LogP contribution in [0.25, 0.3) is 0 Å². The molecule has 18 heavy (non-hydrogen) atoms. The first-order chi connectivity index (χ1) is 8.74. The number of nitrogens with one attached hydrogen (secondary N) is 1. The zero-order valence-corrected chi connectivity index (χ0v) is 11.3. The van der Waals surface area contributed by atoms with Crippen LogP contribution in [0.15, 0.2) is 18.2 Å². The van der Waals surface area contributed by atoms with Crippen LogP contribution in [-0.2, 0) is 0 Å². The van der Waals surface area contributed by atoms with Crippen molar-refractivity contribution in [2.45, 2.75) is 37.8 Å². The van der Waals surface area contributed by atoms with Crippen molar-refractivity contribution in [1.82, 2.24) is 4.90 Å². The number of rotatable bonds is 2. The van der Waals surface area contributed by atoms with Crippen molar-refractivity contribution in [1.29, 1.82) is 0 Å². The first kappa shape index (κ1) is 12.1. The Morgan fingerprint density at radius 1 is 1.22 bits per heavy atom. The topological polar surface area (TPSA) is 41.3 Å². The van der Waals surface area contributed by atoms with E-state index in [9.17, 15) is 0 Å². The van der Waals surface area contributed by atoms with Crippen molar-refractivity contribution in [3.63, 3.8) is 0 Å². The Kier molecular flexibility index (Phi) is 3.35. The third-order valence-corrected chi connectivity index (χ3v) is 4.50. The van der Waals surface area contributed by atoms with Gasteiger partial charge in [0.15, 0.2) is 0 Å². The van der Waals surface area contributed by atoms with Crippen molar-refractivity contribution in [2.75, 3.05) is 24.1 Å². The number of fused-ring (bicyclic) bond motifs is 1. The molecule has 3 N–H and O–H groups in total. The number of hydrogen-bond acceptors (Lipinski definition) is 3. The van der Waals surface area contributed by atoms with Gasteiger partial charge in [0.2, 0.25) is 0 Å². The lowest BCUT2D eigenvalue weighted by Crippen LogP contribution is -2.41. The quantitative estimate of drug-likeness (QED) is 0.808. The van der Waals surface area contributed by atoms with Crippen LogP contribution < -0.4 is 11.1 Å². The maximum atomic E-state index is 6.23. The zero-order valence-electron chi connectivity index (χ0n) is 10.5. The molecular formula is C14H20ClN3. The molecule has 0 aromatic heterocycles. The highest BCUT2D eigenvalue weighted by Crippen LogP contribution is 2.32. The van der Waals surface area contributed by atoms with E-state index in [0.29, 0.717) is 12.1 Å². The van der Waals surface area contributed by atoms with E-state index >= 15 is 0 Å². The van der Waals surface area contributed by atoms with Crippen molar-refractivity contribution in [3.8, 4) is 0 Å². The standard InChI is InChI=1S/C14H20ClN3/c15-11-9-10(16)4-5-12(11)17-13-6-8-18-7-2-1-3-14(13)18/h4-5,9,13-14,17H,1-3,6-8,16H2. The molecule has 0 radical (unpaired) electrons. The number of anilines is 2. The second kappa shape index (κ2) is 4.98. The van der Waals surface area contributed by atoms with E-state index in [1.807, 2.05) is 18.2 Å². The molecule has 2 aliphatic rings. The van der Waals surface area contributed by atoms with E-state index in [0.717, 1.165) is 16.4 Å². The van der Waals surface area contributed by atoms with Crippen LogP contribution in [0.2, 0.25) is 5.02 Å². The highest BCUT2D eigenvalue weighted by atomic mass is 35.5. The molecule has 0 aliphatic carbocycles. The summed E-state index contributed by atoms with van der Waals surface area (Å²) in [6.07, 6.45) is 5.23. The van der Waals surface area contributed by atoms with Gasteiger partial charge in [0.1, 0.15) is 0 Å². The first-order valence-corrected chi connectivity index (χ1v) is 7.17. The van der Waals surface area contributed by atoms with Gasteiger partial charge in [0.05, 0.1) is 10.7 Å². The Hall–Kier alpha value is -0.930. The van der Waals surface area contributed by atoms with Crippen LogP contribution >= 0.6 is 11.6 Å². The normalized spacial score (nSPS) is 28.1. The van der Waals surface area contributed by atoms with Gasteiger partial charge >= 0.3 is 0 Å². The Balaban J connectivity index is 1.72. The summed E-state index contributed by atoms with van der Waals surface area (Å²) in [5.74, 6) is 0. The smallest absolute Gasteiger partial charge is 0.0658 e. The van der Waals surface area contributed by atoms with Crippen molar-refractivity contribution >= 4 is 23.0 Å². The number of nitrogens with two attached hydrogens (primary N) is 1. The van der Waals surface area contributed by atoms with Crippen LogP contribution in [0.3, 0.4) is 0 Å². The lowest BCUT2D eigenvalue weighted by Gasteiger charge is -2.33. The average Bonchev–Trinajstić information content (AvgIpc) is 2.76. The highest BCUT2D eigenvalue weighted by molar-refractivity contribution is 6.33. The predicted octanol–water partition coefficient (Wildman–Crippen LogP) is 2.96. The maximum absolute atomic E-state index is 6.23. The van der Waals surface area contributed by atoms with Crippen LogP contribution in [0.5, 0.6) is 0 Å². The molecule has 2 aliphatic heterocycles. The molecule has 2 unspecified atom stereocenters. The summed E-state index contributed by atoms with van der Waals surface area (Å²) in [5, 5.41) is 4.33. The molecule has 3 nitrogen and oxygen atoms in total. The molecule has 0 amide bonds. The Morgan fingerprint density at radius 3 is 2.94 bits per heavy atom. The van der Waals surface area contributed by atoms with Crippen LogP contribution in [-0.4, -0.2) is 30.1 Å². The molecule has 2 saturated heterocycles. The number of halogens is 1. The number of benzene rings is 1. The fourth-order valence-electron chi connectivity index (χ4n) is 3.26. The van der Waals surface area contributed by atoms with Crippen molar-refractivity contribution in [3.05, 3.63) is 23.2 Å². The molecule has 0 spiro atoms. The minimum Gasteiger partial charge on any atom is -0.399 e. The molecule has 98 valence electrons. The number of nitrogens with zero attached hydrogens (tertiary/aromatic N) is 1. The van der Waals surface area contributed by atoms with Crippen LogP contribution in [0.1, 0.15) is 25.7 Å². The van der Waals surface area contributed by atoms with Gasteiger partial charge in [-0.2, -0.15) is 0 Å². The van der Waals surface area contributed by atoms with Crippen LogP contribution in [0.4, 0.5) is 11.4 Å². The Bertz CT molecular complexity index is 435. The highest BCUT2D eigenvalue weighted by Gasteiger charge is 2.35. The second-order valence-electron chi connectivity index (χ2n) is 5.38. The molecule has 2 atom stereocenters. The maximum Gasteiger partial charge on any atom is 0.0658 e. The summed E-state index contributed by atoms with van der Waals surface area (Å²) in [5.41, 5.74) is 7.46. The molecule has 1 aromatic rings. The molecule has 2 fully saturated rings. The molecule has 1 aromatic carbocycles. The molecule has 2 heterocycles. The van der Waals surface area contributed by atoms with Crippen molar-refractivity contribution < 1.29 is 0 Å². The fraction of sp³-hybridized carbons (Fsp3) is 0.571. The molecular weight excluding hydrogens is 246 g/mol. The predicted molar refractivity (Wildman–Crippen MR) is 77.1 cm³/mol. The number of hydrogen-bond donors (Lipinski definition) is 2. The van der Waals surface area contributed by atoms with Gasteiger partial charge in [-0.1, -0.05) is 18.0 Å². The summed E-state index contributed by atoms with van der Waals surface area (Å²) >= 11 is 6.23. The van der Waals surface area contributed by atoms with Gasteiger partial charge in [-0.05, 0) is 44.0 Å². The molecule has 4 heteroatoms. The lowest BCUT2D eigenvalue weighted by molar-refractivity contribution is 0.193. The lowest BCUT2D eigenvalue weighted by atomic mass is 9.99. The molecule has 3 rings (SSSR count). The van der Waals surface area contributed by atoms with Gasteiger partial charge in [0.25, 0.3) is 0 Å². The summed E-state index contributed by atoms with van der Waals surface area (Å²) in [4.78, 5) is 2.62. The summed E-state index contributed by atoms with van der Waals surface area (Å²) in [6.45, 7) is 2.48. The van der Waals surface area contributed by atoms with Gasteiger partial charge in [-0.25, -0.2) is 0 Å². The largest absolute Gasteiger partial charge is 0.399 e. The number of piperidine rings is 1. The second-order valence-corrected chi connectivity index (χ2v) is 5.79. The summed E-state index contributed by atoms with van der Waals surface area (Å²) in [6, 6.07) is 6.93. The monoisotopic (exact) mass is 265 g/mol. The first-order valence-electron chi connectivity index (χ1n) is 6.79. The van der Waals surface area contributed by atoms with E-state index < -0.39 is 0 Å². The van der Waals surface area contributed by atoms with E-state index in [-0.39, 0.29) is 0 Å². The Labute approximate surface area is 113 Å². The van der Waals surface area contributed by atoms with E-state index in [1.165, 1.54) is 38.8 Å². The van der Waals surface area contributed by atoms with E-state index in [1.54, 1.807) is 0 Å². The SMILES string of the molecule is Nc1ccc(NC2CCN3CCCCC23)c(Cl)c1. The average molecular weight is 266 g/mol. The minimum atomic E-state index is 0.534. The summed E-state index contributed by atoms with van der Waals surface area (Å²) < 4.78 is 0. The third-order valence-electron chi connectivity index (χ3n) is 4.19. The van der Waals surface area contributed by atoms with Crippen molar-refractivity contribution in [2.24, 2.45) is 0 Å². The van der Waals surface area contributed by atoms with Gasteiger partial charge in [-0.15, -0.1) is 0 Å². The molecule has 0 saturated carbocycles. The zero-order chi connectivity index (χ0) is 12.5. The van der Waals surface area contributed by atoms with Crippen LogP contribution in [0, 0.1) is 0 Å². The molecule has 0 bridgehead atoms. The Morgan fingerprint density at radius 2 is 2.11 bits per heavy atom. The van der Waals surface area contributed by atoms with Gasteiger partial charge in [0, 0.05) is 24.3 Å². The summed E-state index contributed by atoms with van der Waals surface area (Å²) in [7, 11) is 0. The minimum absolute atomic E-state index is 0.534. The number of nitrogen functional groups attached to an aromatic ring is 1. The fourth-order valence-corrected chi connectivity index (χ4v) is 3.51.